The van der Waals surface area contributed by atoms with Gasteiger partial charge in [0.15, 0.2) is 5.82 Å². The molecule has 0 unspecified atom stereocenters. The number of rotatable bonds is 4. The van der Waals surface area contributed by atoms with Crippen LogP contribution in [0.25, 0.3) is 0 Å². The highest BCUT2D eigenvalue weighted by Crippen LogP contribution is 2.28. The Morgan fingerprint density at radius 2 is 1.81 bits per heavy atom. The summed E-state index contributed by atoms with van der Waals surface area (Å²) in [5.74, 6) is 2.97. The zero-order chi connectivity index (χ0) is 15.6. The van der Waals surface area contributed by atoms with Crippen LogP contribution in [-0.2, 0) is 10.0 Å². The van der Waals surface area contributed by atoms with Crippen molar-refractivity contribution in [3.63, 3.8) is 0 Å². The first-order valence-electron chi connectivity index (χ1n) is 5.29. The molecule has 0 spiro atoms. The van der Waals surface area contributed by atoms with E-state index in [1.54, 1.807) is 0 Å². The Hall–Kier alpha value is -2.04. The molecule has 0 amide bonds. The van der Waals surface area contributed by atoms with Crippen molar-refractivity contribution >= 4 is 33.3 Å². The summed E-state index contributed by atoms with van der Waals surface area (Å²) < 4.78 is 52.4. The van der Waals surface area contributed by atoms with Gasteiger partial charge >= 0.3 is 0 Å². The summed E-state index contributed by atoms with van der Waals surface area (Å²) in [5.41, 5.74) is 1.55. The monoisotopic (exact) mass is 335 g/mol. The van der Waals surface area contributed by atoms with E-state index in [1.807, 2.05) is 4.72 Å². The third kappa shape index (κ3) is 3.35. The van der Waals surface area contributed by atoms with Crippen molar-refractivity contribution in [2.24, 2.45) is 5.84 Å². The van der Waals surface area contributed by atoms with Gasteiger partial charge in [-0.3, -0.25) is 10.1 Å². The summed E-state index contributed by atoms with van der Waals surface area (Å²) in [5, 5.41) is -0.419. The van der Waals surface area contributed by atoms with Crippen LogP contribution in [0.5, 0.6) is 0 Å². The first-order valence-corrected chi connectivity index (χ1v) is 7.15. The van der Waals surface area contributed by atoms with Gasteiger partial charge in [-0.15, -0.1) is 0 Å². The van der Waals surface area contributed by atoms with Crippen LogP contribution in [0.3, 0.4) is 0 Å². The van der Waals surface area contributed by atoms with E-state index < -0.39 is 32.4 Å². The zero-order valence-electron chi connectivity index (χ0n) is 10.1. The Labute approximate surface area is 123 Å². The number of hydrogen-bond donors (Lipinski definition) is 3. The largest absolute Gasteiger partial charge is 0.292 e. The van der Waals surface area contributed by atoms with Crippen LogP contribution in [0.1, 0.15) is 0 Å². The number of benzene rings is 1. The normalized spacial score (nSPS) is 11.2. The molecule has 2 rings (SSSR count). The molecule has 0 radical (unpaired) electrons. The average molecular weight is 336 g/mol. The summed E-state index contributed by atoms with van der Waals surface area (Å²) in [6.45, 7) is 0. The lowest BCUT2D eigenvalue weighted by atomic mass is 10.3. The number of hydrazine groups is 1. The standard InChI is InChI=1S/C10H8ClF2N5O2S/c11-7-1-5(12)2-8(13)9(7)18-21(19,20)6-3-15-10(17-14)16-4-6/h1-4,18H,14H2,(H,15,16,17). The van der Waals surface area contributed by atoms with E-state index in [1.165, 1.54) is 0 Å². The molecule has 11 heteroatoms. The zero-order valence-corrected chi connectivity index (χ0v) is 11.7. The van der Waals surface area contributed by atoms with Crippen molar-refractivity contribution in [2.75, 3.05) is 10.1 Å². The van der Waals surface area contributed by atoms with Crippen molar-refractivity contribution in [1.82, 2.24) is 9.97 Å². The van der Waals surface area contributed by atoms with Gasteiger partial charge in [-0.2, -0.15) is 0 Å². The number of halogens is 3. The van der Waals surface area contributed by atoms with Crippen LogP contribution >= 0.6 is 11.6 Å². The molecule has 0 aliphatic rings. The highest BCUT2D eigenvalue weighted by molar-refractivity contribution is 7.92. The smallest absolute Gasteiger partial charge is 0.265 e. The fraction of sp³-hybridized carbons (Fsp3) is 0. The summed E-state index contributed by atoms with van der Waals surface area (Å²) in [6.07, 6.45) is 1.92. The van der Waals surface area contributed by atoms with Crippen molar-refractivity contribution in [3.8, 4) is 0 Å². The number of sulfonamides is 1. The van der Waals surface area contributed by atoms with E-state index >= 15 is 0 Å². The molecule has 0 saturated heterocycles. The number of nitrogens with two attached hydrogens (primary N) is 1. The molecule has 112 valence electrons. The summed E-state index contributed by atoms with van der Waals surface area (Å²) >= 11 is 5.61. The topological polar surface area (TPSA) is 110 Å². The molecule has 4 N–H and O–H groups in total. The van der Waals surface area contributed by atoms with Crippen LogP contribution < -0.4 is 16.0 Å². The fourth-order valence-corrected chi connectivity index (χ4v) is 2.64. The fourth-order valence-electron chi connectivity index (χ4n) is 1.36. The Balaban J connectivity index is 2.37. The van der Waals surface area contributed by atoms with E-state index in [4.69, 9.17) is 17.4 Å². The molecule has 2 aromatic rings. The highest BCUT2D eigenvalue weighted by atomic mass is 35.5. The van der Waals surface area contributed by atoms with Crippen LogP contribution in [0, 0.1) is 11.6 Å². The van der Waals surface area contributed by atoms with Crippen molar-refractivity contribution < 1.29 is 17.2 Å². The van der Waals surface area contributed by atoms with Gasteiger partial charge in [-0.1, -0.05) is 11.6 Å². The number of nitrogen functional groups attached to an aromatic ring is 1. The molecule has 1 aromatic heterocycles. The van der Waals surface area contributed by atoms with Crippen LogP contribution in [-0.4, -0.2) is 18.4 Å². The Bertz CT molecular complexity index is 747. The van der Waals surface area contributed by atoms with E-state index in [2.05, 4.69) is 15.4 Å². The van der Waals surface area contributed by atoms with E-state index in [-0.39, 0.29) is 10.8 Å². The molecule has 0 atom stereocenters. The Morgan fingerprint density at radius 1 is 1.19 bits per heavy atom. The predicted octanol–water partition coefficient (Wildman–Crippen LogP) is 1.49. The molecule has 0 saturated carbocycles. The molecular formula is C10H8ClF2N5O2S. The molecule has 1 heterocycles. The van der Waals surface area contributed by atoms with Gasteiger partial charge in [-0.25, -0.2) is 33.0 Å². The lowest BCUT2D eigenvalue weighted by Crippen LogP contribution is -2.16. The number of aromatic nitrogens is 2. The summed E-state index contributed by atoms with van der Waals surface area (Å²) in [6, 6.07) is 1.28. The van der Waals surface area contributed by atoms with Gasteiger partial charge in [-0.05, 0) is 6.07 Å². The Morgan fingerprint density at radius 3 is 2.33 bits per heavy atom. The minimum Gasteiger partial charge on any atom is -0.292 e. The number of hydrogen-bond acceptors (Lipinski definition) is 6. The SMILES string of the molecule is NNc1ncc(S(=O)(=O)Nc2c(F)cc(F)cc2Cl)cn1. The first kappa shape index (κ1) is 15.4. The molecule has 1 aromatic carbocycles. The molecule has 0 bridgehead atoms. The lowest BCUT2D eigenvalue weighted by molar-refractivity contribution is 0.582. The van der Waals surface area contributed by atoms with Crippen LogP contribution in [0.4, 0.5) is 20.4 Å². The van der Waals surface area contributed by atoms with Gasteiger partial charge in [0.2, 0.25) is 5.95 Å². The first-order chi connectivity index (χ1) is 9.83. The maximum atomic E-state index is 13.6. The minimum atomic E-state index is -4.19. The second kappa shape index (κ2) is 5.76. The van der Waals surface area contributed by atoms with Crippen molar-refractivity contribution in [2.45, 2.75) is 4.90 Å². The molecule has 21 heavy (non-hydrogen) atoms. The molecule has 0 aliphatic carbocycles. The van der Waals surface area contributed by atoms with E-state index in [9.17, 15) is 17.2 Å². The summed E-state index contributed by atoms with van der Waals surface area (Å²) in [4.78, 5) is 6.88. The average Bonchev–Trinajstić information content (AvgIpc) is 2.43. The maximum Gasteiger partial charge on any atom is 0.265 e. The van der Waals surface area contributed by atoms with Gasteiger partial charge in [0.25, 0.3) is 10.0 Å². The van der Waals surface area contributed by atoms with Gasteiger partial charge < -0.3 is 0 Å². The third-order valence-electron chi connectivity index (χ3n) is 2.31. The highest BCUT2D eigenvalue weighted by Gasteiger charge is 2.20. The second-order valence-corrected chi connectivity index (χ2v) is 5.83. The Kier molecular flexibility index (Phi) is 4.21. The quantitative estimate of drug-likeness (QED) is 0.577. The minimum absolute atomic E-state index is 0.0000508. The molecular weight excluding hydrogens is 328 g/mol. The van der Waals surface area contributed by atoms with Gasteiger partial charge in [0, 0.05) is 6.07 Å². The summed E-state index contributed by atoms with van der Waals surface area (Å²) in [7, 11) is -4.19. The predicted molar refractivity (Wildman–Crippen MR) is 72.0 cm³/mol. The van der Waals surface area contributed by atoms with Crippen molar-refractivity contribution in [1.29, 1.82) is 0 Å². The number of nitrogens with one attached hydrogen (secondary N) is 2. The molecule has 0 aliphatic heterocycles. The van der Waals surface area contributed by atoms with Gasteiger partial charge in [0.05, 0.1) is 17.4 Å². The molecule has 0 fully saturated rings. The van der Waals surface area contributed by atoms with Gasteiger partial charge in [0.1, 0.15) is 16.4 Å². The second-order valence-electron chi connectivity index (χ2n) is 3.74. The van der Waals surface area contributed by atoms with Crippen molar-refractivity contribution in [3.05, 3.63) is 41.2 Å². The third-order valence-corrected chi connectivity index (χ3v) is 3.91. The maximum absolute atomic E-state index is 13.6. The van der Waals surface area contributed by atoms with E-state index in [0.29, 0.717) is 6.07 Å². The molecule has 7 nitrogen and oxygen atoms in total. The number of nitrogens with zero attached hydrogens (tertiary/aromatic N) is 2. The van der Waals surface area contributed by atoms with E-state index in [0.717, 1.165) is 18.5 Å². The van der Waals surface area contributed by atoms with Crippen LogP contribution in [0.15, 0.2) is 29.4 Å². The lowest BCUT2D eigenvalue weighted by Gasteiger charge is -2.10. The van der Waals surface area contributed by atoms with Crippen LogP contribution in [0.2, 0.25) is 5.02 Å². The number of anilines is 2.